The maximum absolute atomic E-state index is 11.2. The van der Waals surface area contributed by atoms with Gasteiger partial charge < -0.3 is 10.1 Å². The Morgan fingerprint density at radius 2 is 2.57 bits per heavy atom. The van der Waals surface area contributed by atoms with Crippen molar-refractivity contribution in [1.82, 2.24) is 4.98 Å². The van der Waals surface area contributed by atoms with E-state index in [2.05, 4.69) is 16.7 Å². The molecule has 74 valence electrons. The summed E-state index contributed by atoms with van der Waals surface area (Å²) in [5.41, 5.74) is 0.341. The summed E-state index contributed by atoms with van der Waals surface area (Å²) in [6.45, 7) is 5.34. The number of thiazole rings is 1. The molecule has 6 heteroatoms. The van der Waals surface area contributed by atoms with Crippen molar-refractivity contribution in [3.63, 3.8) is 0 Å². The predicted octanol–water partition coefficient (Wildman–Crippen LogP) is 1.65. The maximum atomic E-state index is 11.2. The Balaban J connectivity index is 3.00. The lowest BCUT2D eigenvalue weighted by Crippen LogP contribution is -2.03. The lowest BCUT2D eigenvalue weighted by molar-refractivity contribution is 0.0526. The van der Waals surface area contributed by atoms with Gasteiger partial charge in [-0.25, -0.2) is 9.78 Å². The van der Waals surface area contributed by atoms with E-state index in [-0.39, 0.29) is 5.01 Å². The number of hydrogen-bond acceptors (Lipinski definition) is 6. The standard InChI is InChI=1S/C8H9N3O2S/c1-3-13-8(12)7-11-5(4-9)6(10-2)14-7/h4,9H,2-3H2,1H3. The summed E-state index contributed by atoms with van der Waals surface area (Å²) >= 11 is 1.07. The van der Waals surface area contributed by atoms with E-state index in [0.29, 0.717) is 17.3 Å². The van der Waals surface area contributed by atoms with Crippen molar-refractivity contribution in [2.24, 2.45) is 4.99 Å². The molecule has 1 heterocycles. The fraction of sp³-hybridized carbons (Fsp3) is 0.250. The first-order valence-electron chi connectivity index (χ1n) is 3.88. The van der Waals surface area contributed by atoms with Gasteiger partial charge in [-0.15, -0.1) is 0 Å². The molecule has 0 aliphatic heterocycles. The molecule has 0 bridgehead atoms. The highest BCUT2D eigenvalue weighted by Gasteiger charge is 2.15. The van der Waals surface area contributed by atoms with Crippen LogP contribution in [0, 0.1) is 5.41 Å². The lowest BCUT2D eigenvalue weighted by Gasteiger charge is -1.94. The number of rotatable bonds is 4. The van der Waals surface area contributed by atoms with Gasteiger partial charge in [-0.05, 0) is 13.6 Å². The Kier molecular flexibility index (Phi) is 3.47. The Morgan fingerprint density at radius 3 is 3.00 bits per heavy atom. The van der Waals surface area contributed by atoms with Crippen LogP contribution in [-0.4, -0.2) is 30.5 Å². The maximum Gasteiger partial charge on any atom is 0.367 e. The van der Waals surface area contributed by atoms with Crippen LogP contribution >= 0.6 is 11.3 Å². The molecule has 1 rings (SSSR count). The van der Waals surface area contributed by atoms with Crippen LogP contribution in [0.3, 0.4) is 0 Å². The second-order valence-corrected chi connectivity index (χ2v) is 3.21. The van der Waals surface area contributed by atoms with Crippen LogP contribution in [0.1, 0.15) is 22.4 Å². The number of aliphatic imine (C=N–C) groups is 1. The van der Waals surface area contributed by atoms with E-state index in [4.69, 9.17) is 10.1 Å². The number of carbonyl (C=O) groups is 1. The van der Waals surface area contributed by atoms with Crippen molar-refractivity contribution in [3.8, 4) is 0 Å². The number of esters is 1. The van der Waals surface area contributed by atoms with Gasteiger partial charge in [0.05, 0.1) is 6.61 Å². The molecule has 0 saturated carbocycles. The zero-order chi connectivity index (χ0) is 10.6. The van der Waals surface area contributed by atoms with Crippen molar-refractivity contribution in [1.29, 1.82) is 5.41 Å². The minimum absolute atomic E-state index is 0.202. The van der Waals surface area contributed by atoms with Gasteiger partial charge in [0.25, 0.3) is 0 Å². The molecule has 0 aliphatic rings. The average molecular weight is 211 g/mol. The minimum Gasteiger partial charge on any atom is -0.461 e. The van der Waals surface area contributed by atoms with Crippen LogP contribution in [0.5, 0.6) is 0 Å². The molecule has 0 spiro atoms. The molecule has 1 aromatic rings. The summed E-state index contributed by atoms with van der Waals surface area (Å²) in [5, 5.41) is 7.69. The number of carbonyl (C=O) groups excluding carboxylic acids is 1. The van der Waals surface area contributed by atoms with E-state index < -0.39 is 5.97 Å². The first kappa shape index (κ1) is 10.5. The molecule has 5 nitrogen and oxygen atoms in total. The summed E-state index contributed by atoms with van der Waals surface area (Å²) in [4.78, 5) is 18.8. The van der Waals surface area contributed by atoms with E-state index in [1.807, 2.05) is 0 Å². The fourth-order valence-electron chi connectivity index (χ4n) is 0.811. The second kappa shape index (κ2) is 4.61. The molecule has 0 aromatic carbocycles. The van der Waals surface area contributed by atoms with Crippen LogP contribution in [0.25, 0.3) is 0 Å². The van der Waals surface area contributed by atoms with E-state index >= 15 is 0 Å². The highest BCUT2D eigenvalue weighted by Crippen LogP contribution is 2.26. The van der Waals surface area contributed by atoms with Crippen molar-refractivity contribution in [2.45, 2.75) is 6.92 Å². The summed E-state index contributed by atoms with van der Waals surface area (Å²) in [7, 11) is 0. The number of hydrogen-bond donors (Lipinski definition) is 1. The molecule has 0 atom stereocenters. The normalized spacial score (nSPS) is 9.50. The van der Waals surface area contributed by atoms with Gasteiger partial charge in [-0.3, -0.25) is 4.99 Å². The van der Waals surface area contributed by atoms with Crippen LogP contribution in [0.15, 0.2) is 4.99 Å². The van der Waals surface area contributed by atoms with Crippen LogP contribution in [0.4, 0.5) is 5.00 Å². The van der Waals surface area contributed by atoms with Crippen LogP contribution in [-0.2, 0) is 4.74 Å². The second-order valence-electron chi connectivity index (χ2n) is 2.23. The third-order valence-corrected chi connectivity index (χ3v) is 2.35. The molecule has 0 amide bonds. The highest BCUT2D eigenvalue weighted by atomic mass is 32.1. The summed E-state index contributed by atoms with van der Waals surface area (Å²) in [6.07, 6.45) is 1.03. The van der Waals surface area contributed by atoms with E-state index in [9.17, 15) is 4.79 Å². The molecule has 14 heavy (non-hydrogen) atoms. The third kappa shape index (κ3) is 2.02. The molecule has 0 radical (unpaired) electrons. The average Bonchev–Trinajstić information content (AvgIpc) is 2.61. The number of nitrogens with one attached hydrogen (secondary N) is 1. The molecule has 0 unspecified atom stereocenters. The van der Waals surface area contributed by atoms with Crippen molar-refractivity contribution >= 4 is 35.2 Å². The molecule has 1 aromatic heterocycles. The minimum atomic E-state index is -0.490. The van der Waals surface area contributed by atoms with Crippen LogP contribution < -0.4 is 0 Å². The zero-order valence-electron chi connectivity index (χ0n) is 7.61. The predicted molar refractivity (Wildman–Crippen MR) is 55.2 cm³/mol. The summed E-state index contributed by atoms with van der Waals surface area (Å²) < 4.78 is 4.76. The molecule has 0 fully saturated rings. The van der Waals surface area contributed by atoms with Gasteiger partial charge in [0, 0.05) is 6.21 Å². The van der Waals surface area contributed by atoms with Gasteiger partial charge >= 0.3 is 5.97 Å². The quantitative estimate of drug-likeness (QED) is 0.607. The van der Waals surface area contributed by atoms with Gasteiger partial charge in [0.1, 0.15) is 10.7 Å². The Bertz CT molecular complexity index is 347. The summed E-state index contributed by atoms with van der Waals surface area (Å²) in [5.74, 6) is -0.490. The first-order chi connectivity index (χ1) is 6.72. The van der Waals surface area contributed by atoms with Crippen LogP contribution in [0.2, 0.25) is 0 Å². The largest absolute Gasteiger partial charge is 0.461 e. The van der Waals surface area contributed by atoms with Gasteiger partial charge in [0.2, 0.25) is 5.01 Å². The first-order valence-corrected chi connectivity index (χ1v) is 4.69. The Labute approximate surface area is 85.0 Å². The number of aromatic nitrogens is 1. The van der Waals surface area contributed by atoms with Gasteiger partial charge in [-0.2, -0.15) is 0 Å². The monoisotopic (exact) mass is 211 g/mol. The third-order valence-electron chi connectivity index (χ3n) is 1.36. The molecule has 0 saturated heterocycles. The number of ether oxygens (including phenoxy) is 1. The molecule has 1 N–H and O–H groups in total. The van der Waals surface area contributed by atoms with Gasteiger partial charge in [0.15, 0.2) is 0 Å². The molecule has 0 aliphatic carbocycles. The summed E-state index contributed by atoms with van der Waals surface area (Å²) in [6, 6.07) is 0. The Hall–Kier alpha value is -1.56. The van der Waals surface area contributed by atoms with Crippen molar-refractivity contribution in [2.75, 3.05) is 6.61 Å². The van der Waals surface area contributed by atoms with E-state index in [1.54, 1.807) is 6.92 Å². The smallest absolute Gasteiger partial charge is 0.367 e. The molecular weight excluding hydrogens is 202 g/mol. The van der Waals surface area contributed by atoms with E-state index in [0.717, 1.165) is 17.6 Å². The van der Waals surface area contributed by atoms with Crippen molar-refractivity contribution < 1.29 is 9.53 Å². The highest BCUT2D eigenvalue weighted by molar-refractivity contribution is 7.17. The van der Waals surface area contributed by atoms with Gasteiger partial charge in [-0.1, -0.05) is 11.3 Å². The Morgan fingerprint density at radius 1 is 1.86 bits per heavy atom. The fourth-order valence-corrected chi connectivity index (χ4v) is 1.55. The number of nitrogens with zero attached hydrogens (tertiary/aromatic N) is 2. The topological polar surface area (TPSA) is 75.4 Å². The lowest BCUT2D eigenvalue weighted by atomic mass is 10.5. The van der Waals surface area contributed by atoms with E-state index in [1.165, 1.54) is 0 Å². The zero-order valence-corrected chi connectivity index (χ0v) is 8.43. The molecular formula is C8H9N3O2S. The van der Waals surface area contributed by atoms with Crippen molar-refractivity contribution in [3.05, 3.63) is 10.7 Å². The SMILES string of the molecule is C=Nc1sc(C(=O)OCC)nc1C=N.